The third-order valence-electron chi connectivity index (χ3n) is 3.92. The maximum absolute atomic E-state index is 12.0. The zero-order valence-corrected chi connectivity index (χ0v) is 11.5. The quantitative estimate of drug-likeness (QED) is 0.736. The molecule has 0 radical (unpaired) electrons. The molecule has 0 atom stereocenters. The van der Waals surface area contributed by atoms with E-state index in [4.69, 9.17) is 0 Å². The highest BCUT2D eigenvalue weighted by molar-refractivity contribution is 6.07. The number of carbonyl (C=O) groups is 3. The first-order valence-electron chi connectivity index (χ1n) is 6.84. The summed E-state index contributed by atoms with van der Waals surface area (Å²) in [5.74, 6) is 0.403. The number of urea groups is 1. The van der Waals surface area contributed by atoms with Crippen LogP contribution < -0.4 is 10.6 Å². The Kier molecular flexibility index (Phi) is 3.78. The van der Waals surface area contributed by atoms with Gasteiger partial charge in [-0.05, 0) is 25.2 Å². The van der Waals surface area contributed by atoms with E-state index in [-0.39, 0.29) is 11.8 Å². The molecular formula is C13H21N3O3. The van der Waals surface area contributed by atoms with Crippen LogP contribution in [0.3, 0.4) is 0 Å². The summed E-state index contributed by atoms with van der Waals surface area (Å²) in [6.45, 7) is 5.25. The summed E-state index contributed by atoms with van der Waals surface area (Å²) in [7, 11) is 0. The van der Waals surface area contributed by atoms with Crippen molar-refractivity contribution in [3.63, 3.8) is 0 Å². The number of imide groups is 1. The fraction of sp³-hybridized carbons (Fsp3) is 0.769. The monoisotopic (exact) mass is 267 g/mol. The standard InChI is InChI=1S/C13H21N3O3/c1-9(2)3-4-10(17)16-7-5-13(6-8-16)11(18)14-12(19)15-13/h9H,3-8H2,1-2H3,(H2,14,15,18,19). The lowest BCUT2D eigenvalue weighted by Gasteiger charge is -2.37. The highest BCUT2D eigenvalue weighted by Crippen LogP contribution is 2.26. The molecule has 0 bridgehead atoms. The van der Waals surface area contributed by atoms with Crippen molar-refractivity contribution in [3.8, 4) is 0 Å². The summed E-state index contributed by atoms with van der Waals surface area (Å²) < 4.78 is 0. The number of hydrogen-bond acceptors (Lipinski definition) is 3. The summed E-state index contributed by atoms with van der Waals surface area (Å²) in [4.78, 5) is 36.7. The number of rotatable bonds is 3. The fourth-order valence-corrected chi connectivity index (χ4v) is 2.59. The number of likely N-dealkylation sites (tertiary alicyclic amines) is 1. The number of nitrogens with zero attached hydrogens (tertiary/aromatic N) is 1. The average molecular weight is 267 g/mol. The Hall–Kier alpha value is -1.59. The van der Waals surface area contributed by atoms with E-state index in [1.54, 1.807) is 4.90 Å². The first kappa shape index (κ1) is 13.8. The van der Waals surface area contributed by atoms with Gasteiger partial charge >= 0.3 is 6.03 Å². The van der Waals surface area contributed by atoms with Gasteiger partial charge in [-0.3, -0.25) is 14.9 Å². The van der Waals surface area contributed by atoms with E-state index in [1.165, 1.54) is 0 Å². The van der Waals surface area contributed by atoms with E-state index >= 15 is 0 Å². The minimum absolute atomic E-state index is 0.147. The zero-order valence-electron chi connectivity index (χ0n) is 11.5. The molecule has 0 aliphatic carbocycles. The fourth-order valence-electron chi connectivity index (χ4n) is 2.59. The maximum Gasteiger partial charge on any atom is 0.322 e. The minimum Gasteiger partial charge on any atom is -0.342 e. The summed E-state index contributed by atoms with van der Waals surface area (Å²) in [6, 6.07) is -0.426. The van der Waals surface area contributed by atoms with E-state index < -0.39 is 11.6 Å². The maximum atomic E-state index is 12.0. The molecule has 1 spiro atoms. The van der Waals surface area contributed by atoms with E-state index in [0.717, 1.165) is 6.42 Å². The molecule has 0 aromatic rings. The van der Waals surface area contributed by atoms with Crippen LogP contribution in [0.2, 0.25) is 0 Å². The topological polar surface area (TPSA) is 78.5 Å². The predicted molar refractivity (Wildman–Crippen MR) is 69.3 cm³/mol. The highest BCUT2D eigenvalue weighted by atomic mass is 16.2. The van der Waals surface area contributed by atoms with Gasteiger partial charge in [-0.15, -0.1) is 0 Å². The van der Waals surface area contributed by atoms with Crippen LogP contribution in [0.1, 0.15) is 39.5 Å². The molecule has 6 nitrogen and oxygen atoms in total. The van der Waals surface area contributed by atoms with Gasteiger partial charge in [0, 0.05) is 19.5 Å². The third-order valence-corrected chi connectivity index (χ3v) is 3.92. The molecule has 2 heterocycles. The summed E-state index contributed by atoms with van der Waals surface area (Å²) in [5, 5.41) is 4.96. The Morgan fingerprint density at radius 2 is 1.95 bits per heavy atom. The van der Waals surface area contributed by atoms with Gasteiger partial charge in [0.25, 0.3) is 5.91 Å². The predicted octanol–water partition coefficient (Wildman–Crippen LogP) is 0.623. The van der Waals surface area contributed by atoms with E-state index in [2.05, 4.69) is 24.5 Å². The Morgan fingerprint density at radius 3 is 2.42 bits per heavy atom. The lowest BCUT2D eigenvalue weighted by atomic mass is 9.87. The lowest BCUT2D eigenvalue weighted by Crippen LogP contribution is -2.55. The Labute approximate surface area is 112 Å². The van der Waals surface area contributed by atoms with Crippen molar-refractivity contribution in [2.45, 2.75) is 45.1 Å². The molecule has 106 valence electrons. The van der Waals surface area contributed by atoms with Gasteiger partial charge in [0.05, 0.1) is 0 Å². The van der Waals surface area contributed by atoms with Crippen LogP contribution in [-0.2, 0) is 9.59 Å². The first-order chi connectivity index (χ1) is 8.93. The molecule has 2 aliphatic rings. The van der Waals surface area contributed by atoms with Gasteiger partial charge in [-0.25, -0.2) is 4.79 Å². The van der Waals surface area contributed by atoms with Crippen molar-refractivity contribution < 1.29 is 14.4 Å². The molecule has 2 aliphatic heterocycles. The number of hydrogen-bond donors (Lipinski definition) is 2. The van der Waals surface area contributed by atoms with Crippen molar-refractivity contribution >= 4 is 17.8 Å². The molecule has 4 amide bonds. The summed E-state index contributed by atoms with van der Waals surface area (Å²) in [5.41, 5.74) is -0.786. The van der Waals surface area contributed by atoms with Crippen molar-refractivity contribution in [1.29, 1.82) is 0 Å². The smallest absolute Gasteiger partial charge is 0.322 e. The molecule has 2 saturated heterocycles. The average Bonchev–Trinajstić information content (AvgIpc) is 2.62. The number of piperidine rings is 1. The number of nitrogens with one attached hydrogen (secondary N) is 2. The van der Waals surface area contributed by atoms with E-state index in [1.807, 2.05) is 0 Å². The molecule has 0 aromatic heterocycles. The first-order valence-corrected chi connectivity index (χ1v) is 6.84. The molecule has 0 aromatic carbocycles. The zero-order chi connectivity index (χ0) is 14.0. The van der Waals surface area contributed by atoms with Crippen LogP contribution in [0, 0.1) is 5.92 Å². The molecule has 2 rings (SSSR count). The van der Waals surface area contributed by atoms with Gasteiger partial charge in [0.1, 0.15) is 5.54 Å². The molecular weight excluding hydrogens is 246 g/mol. The number of carbonyl (C=O) groups excluding carboxylic acids is 3. The summed E-state index contributed by atoms with van der Waals surface area (Å²) >= 11 is 0. The molecule has 0 saturated carbocycles. The Morgan fingerprint density at radius 1 is 1.32 bits per heavy atom. The SMILES string of the molecule is CC(C)CCC(=O)N1CCC2(CC1)NC(=O)NC2=O. The normalized spacial score (nSPS) is 21.7. The Balaban J connectivity index is 1.87. The minimum atomic E-state index is -0.786. The van der Waals surface area contributed by atoms with Crippen LogP contribution in [-0.4, -0.2) is 41.4 Å². The van der Waals surface area contributed by atoms with E-state index in [9.17, 15) is 14.4 Å². The van der Waals surface area contributed by atoms with Crippen LogP contribution in [0.25, 0.3) is 0 Å². The molecule has 0 unspecified atom stereocenters. The Bertz CT molecular complexity index is 398. The molecule has 2 fully saturated rings. The van der Waals surface area contributed by atoms with Crippen LogP contribution in [0.4, 0.5) is 4.79 Å². The molecule has 19 heavy (non-hydrogen) atoms. The second kappa shape index (κ2) is 5.19. The third kappa shape index (κ3) is 2.88. The number of amides is 4. The van der Waals surface area contributed by atoms with E-state index in [0.29, 0.717) is 38.3 Å². The van der Waals surface area contributed by atoms with Gasteiger partial charge < -0.3 is 10.2 Å². The molecule has 2 N–H and O–H groups in total. The van der Waals surface area contributed by atoms with Crippen LogP contribution in [0.5, 0.6) is 0 Å². The van der Waals surface area contributed by atoms with Crippen molar-refractivity contribution in [2.75, 3.05) is 13.1 Å². The highest BCUT2D eigenvalue weighted by Gasteiger charge is 2.48. The van der Waals surface area contributed by atoms with Crippen molar-refractivity contribution in [3.05, 3.63) is 0 Å². The van der Waals surface area contributed by atoms with Crippen LogP contribution in [0.15, 0.2) is 0 Å². The second-order valence-corrected chi connectivity index (χ2v) is 5.80. The van der Waals surface area contributed by atoms with Crippen LogP contribution >= 0.6 is 0 Å². The largest absolute Gasteiger partial charge is 0.342 e. The van der Waals surface area contributed by atoms with Gasteiger partial charge in [0.15, 0.2) is 0 Å². The van der Waals surface area contributed by atoms with Gasteiger partial charge in [-0.1, -0.05) is 13.8 Å². The second-order valence-electron chi connectivity index (χ2n) is 5.80. The summed E-state index contributed by atoms with van der Waals surface area (Å²) in [6.07, 6.45) is 2.44. The van der Waals surface area contributed by atoms with Crippen molar-refractivity contribution in [2.24, 2.45) is 5.92 Å². The lowest BCUT2D eigenvalue weighted by molar-refractivity contribution is -0.136. The molecule has 6 heteroatoms. The van der Waals surface area contributed by atoms with Gasteiger partial charge in [-0.2, -0.15) is 0 Å². The van der Waals surface area contributed by atoms with Gasteiger partial charge in [0.2, 0.25) is 5.91 Å². The van der Waals surface area contributed by atoms with Crippen molar-refractivity contribution in [1.82, 2.24) is 15.5 Å².